The average Bonchev–Trinajstić information content (AvgIpc) is 2.82. The number of fused-ring (bicyclic) bond motifs is 1. The van der Waals surface area contributed by atoms with Gasteiger partial charge < -0.3 is 0 Å². The second-order valence-electron chi connectivity index (χ2n) is 4.53. The topological polar surface area (TPSA) is 21.1 Å². The summed E-state index contributed by atoms with van der Waals surface area (Å²) in [6.45, 7) is 11.8. The number of aryl methyl sites for hydroxylation is 1. The molecule has 0 saturated carbocycles. The summed E-state index contributed by atoms with van der Waals surface area (Å²) < 4.78 is 1.94. The first kappa shape index (κ1) is 15.7. The maximum absolute atomic E-state index is 4.28. The zero-order chi connectivity index (χ0) is 14.3. The van der Waals surface area contributed by atoms with Gasteiger partial charge in [0.1, 0.15) is 0 Å². The first-order valence-corrected chi connectivity index (χ1v) is 7.37. The van der Waals surface area contributed by atoms with Gasteiger partial charge >= 0.3 is 0 Å². The predicted octanol–water partition coefficient (Wildman–Crippen LogP) is 3.83. The molecule has 0 amide bonds. The van der Waals surface area contributed by atoms with E-state index in [2.05, 4.69) is 42.0 Å². The molecule has 2 aromatic rings. The van der Waals surface area contributed by atoms with Crippen molar-refractivity contribution in [2.24, 2.45) is 7.05 Å². The van der Waals surface area contributed by atoms with Crippen molar-refractivity contribution < 1.29 is 0 Å². The van der Waals surface area contributed by atoms with Crippen LogP contribution in [0.25, 0.3) is 10.9 Å². The predicted molar refractivity (Wildman–Crippen MR) is 83.3 cm³/mol. The molecule has 19 heavy (non-hydrogen) atoms. The van der Waals surface area contributed by atoms with Gasteiger partial charge in [0.25, 0.3) is 0 Å². The molecule has 0 unspecified atom stereocenters. The zero-order valence-electron chi connectivity index (χ0n) is 13.0. The molecule has 1 heterocycles. The van der Waals surface area contributed by atoms with Crippen molar-refractivity contribution in [3.8, 4) is 0 Å². The van der Waals surface area contributed by atoms with E-state index in [1.54, 1.807) is 0 Å². The number of nitrogens with zero attached hydrogens (tertiary/aromatic N) is 3. The SMILES string of the molecule is CC.CCCN(CC)Cc1ccc2cnn(C)c2c1. The van der Waals surface area contributed by atoms with Crippen LogP contribution in [0.15, 0.2) is 24.4 Å². The molecule has 0 atom stereocenters. The minimum atomic E-state index is 1.03. The lowest BCUT2D eigenvalue weighted by molar-refractivity contribution is 0.281. The summed E-state index contributed by atoms with van der Waals surface area (Å²) in [4.78, 5) is 2.47. The standard InChI is InChI=1S/C14H21N3.C2H6/c1-4-8-17(5-2)11-12-6-7-13-10-15-16(3)14(13)9-12;1-2/h6-7,9-10H,4-5,8,11H2,1-3H3;1-2H3. The third kappa shape index (κ3) is 4.06. The van der Waals surface area contributed by atoms with Crippen molar-refractivity contribution in [3.63, 3.8) is 0 Å². The molecule has 2 rings (SSSR count). The molecule has 0 spiro atoms. The van der Waals surface area contributed by atoms with Crippen LogP contribution < -0.4 is 0 Å². The van der Waals surface area contributed by atoms with Crippen molar-refractivity contribution in [2.75, 3.05) is 13.1 Å². The Morgan fingerprint density at radius 1 is 1.21 bits per heavy atom. The lowest BCUT2D eigenvalue weighted by atomic mass is 10.1. The Labute approximate surface area is 117 Å². The molecule has 0 aliphatic heterocycles. The van der Waals surface area contributed by atoms with Crippen LogP contribution in [0.3, 0.4) is 0 Å². The van der Waals surface area contributed by atoms with Crippen LogP contribution in [0.1, 0.15) is 39.7 Å². The van der Waals surface area contributed by atoms with E-state index in [0.717, 1.165) is 13.1 Å². The minimum Gasteiger partial charge on any atom is -0.299 e. The average molecular weight is 261 g/mol. The van der Waals surface area contributed by atoms with Crippen molar-refractivity contribution in [3.05, 3.63) is 30.0 Å². The van der Waals surface area contributed by atoms with Gasteiger partial charge in [0, 0.05) is 19.0 Å². The van der Waals surface area contributed by atoms with Gasteiger partial charge in [-0.2, -0.15) is 5.10 Å². The Bertz CT molecular complexity index is 488. The Morgan fingerprint density at radius 2 is 1.95 bits per heavy atom. The molecule has 0 N–H and O–H groups in total. The van der Waals surface area contributed by atoms with Crippen molar-refractivity contribution >= 4 is 10.9 Å². The maximum atomic E-state index is 4.28. The summed E-state index contributed by atoms with van der Waals surface area (Å²) in [5, 5.41) is 5.49. The van der Waals surface area contributed by atoms with Gasteiger partial charge in [0.15, 0.2) is 0 Å². The largest absolute Gasteiger partial charge is 0.299 e. The molecule has 0 saturated heterocycles. The van der Waals surface area contributed by atoms with Gasteiger partial charge in [-0.15, -0.1) is 0 Å². The van der Waals surface area contributed by atoms with Crippen LogP contribution >= 0.6 is 0 Å². The normalized spacial score (nSPS) is 10.6. The summed E-state index contributed by atoms with van der Waals surface area (Å²) in [5.41, 5.74) is 2.59. The van der Waals surface area contributed by atoms with Crippen LogP contribution in [0.2, 0.25) is 0 Å². The van der Waals surface area contributed by atoms with Gasteiger partial charge in [-0.3, -0.25) is 9.58 Å². The Morgan fingerprint density at radius 3 is 2.58 bits per heavy atom. The maximum Gasteiger partial charge on any atom is 0.0682 e. The monoisotopic (exact) mass is 261 g/mol. The van der Waals surface area contributed by atoms with E-state index >= 15 is 0 Å². The molecular weight excluding hydrogens is 234 g/mol. The van der Waals surface area contributed by atoms with Gasteiger partial charge in [-0.1, -0.05) is 39.8 Å². The highest BCUT2D eigenvalue weighted by Crippen LogP contribution is 2.16. The van der Waals surface area contributed by atoms with Crippen molar-refractivity contribution in [2.45, 2.75) is 40.7 Å². The number of hydrogen-bond acceptors (Lipinski definition) is 2. The molecule has 106 valence electrons. The van der Waals surface area contributed by atoms with E-state index in [1.807, 2.05) is 31.8 Å². The molecular formula is C16H27N3. The van der Waals surface area contributed by atoms with Gasteiger partial charge in [0.2, 0.25) is 0 Å². The van der Waals surface area contributed by atoms with E-state index in [0.29, 0.717) is 0 Å². The summed E-state index contributed by atoms with van der Waals surface area (Å²) in [7, 11) is 2.00. The molecule has 0 radical (unpaired) electrons. The number of rotatable bonds is 5. The van der Waals surface area contributed by atoms with Crippen LogP contribution in [0, 0.1) is 0 Å². The molecule has 3 heteroatoms. The summed E-state index contributed by atoms with van der Waals surface area (Å²) >= 11 is 0. The minimum absolute atomic E-state index is 1.03. The van der Waals surface area contributed by atoms with E-state index in [-0.39, 0.29) is 0 Å². The Kier molecular flexibility index (Phi) is 6.57. The molecule has 0 aliphatic carbocycles. The van der Waals surface area contributed by atoms with Crippen LogP contribution in [-0.4, -0.2) is 27.8 Å². The fourth-order valence-corrected chi connectivity index (χ4v) is 2.21. The second-order valence-corrected chi connectivity index (χ2v) is 4.53. The molecule has 0 aliphatic rings. The number of benzene rings is 1. The molecule has 1 aromatic carbocycles. The lowest BCUT2D eigenvalue weighted by Gasteiger charge is -2.19. The van der Waals surface area contributed by atoms with E-state index in [4.69, 9.17) is 0 Å². The van der Waals surface area contributed by atoms with E-state index < -0.39 is 0 Å². The zero-order valence-corrected chi connectivity index (χ0v) is 13.0. The number of aromatic nitrogens is 2. The lowest BCUT2D eigenvalue weighted by Crippen LogP contribution is -2.23. The highest BCUT2D eigenvalue weighted by Gasteiger charge is 2.05. The first-order chi connectivity index (χ1) is 9.24. The second kappa shape index (κ2) is 7.95. The van der Waals surface area contributed by atoms with Crippen LogP contribution in [-0.2, 0) is 13.6 Å². The van der Waals surface area contributed by atoms with Gasteiger partial charge in [-0.25, -0.2) is 0 Å². The van der Waals surface area contributed by atoms with Gasteiger partial charge in [0.05, 0.1) is 11.7 Å². The van der Waals surface area contributed by atoms with Crippen molar-refractivity contribution in [1.29, 1.82) is 0 Å². The molecule has 0 fully saturated rings. The van der Waals surface area contributed by atoms with Crippen molar-refractivity contribution in [1.82, 2.24) is 14.7 Å². The third-order valence-corrected chi connectivity index (χ3v) is 3.21. The third-order valence-electron chi connectivity index (χ3n) is 3.21. The first-order valence-electron chi connectivity index (χ1n) is 7.37. The molecule has 0 bridgehead atoms. The molecule has 1 aromatic heterocycles. The van der Waals surface area contributed by atoms with E-state index in [1.165, 1.54) is 29.4 Å². The summed E-state index contributed by atoms with van der Waals surface area (Å²) in [5.74, 6) is 0. The fourth-order valence-electron chi connectivity index (χ4n) is 2.21. The summed E-state index contributed by atoms with van der Waals surface area (Å²) in [6, 6.07) is 6.63. The van der Waals surface area contributed by atoms with Crippen LogP contribution in [0.4, 0.5) is 0 Å². The molecule has 3 nitrogen and oxygen atoms in total. The Hall–Kier alpha value is -1.35. The van der Waals surface area contributed by atoms with Crippen LogP contribution in [0.5, 0.6) is 0 Å². The fraction of sp³-hybridized carbons (Fsp3) is 0.562. The smallest absolute Gasteiger partial charge is 0.0682 e. The number of hydrogen-bond donors (Lipinski definition) is 0. The quantitative estimate of drug-likeness (QED) is 0.815. The highest BCUT2D eigenvalue weighted by molar-refractivity contribution is 5.79. The summed E-state index contributed by atoms with van der Waals surface area (Å²) in [6.07, 6.45) is 3.13. The van der Waals surface area contributed by atoms with Gasteiger partial charge in [-0.05, 0) is 31.1 Å². The highest BCUT2D eigenvalue weighted by atomic mass is 15.2. The Balaban J connectivity index is 0.000000861. The van der Waals surface area contributed by atoms with E-state index in [9.17, 15) is 0 Å².